The standard InChI is InChI=1S/C16H21N3S/c1-2-8-15-14(6-1)18-16(20-15)19-10-4-5-12(11-19)13-7-3-9-17-13/h1-2,6,8,12-13,17H,3-5,7,9-11H2. The summed E-state index contributed by atoms with van der Waals surface area (Å²) in [4.78, 5) is 7.33. The number of rotatable bonds is 2. The summed E-state index contributed by atoms with van der Waals surface area (Å²) in [5, 5.41) is 4.90. The Morgan fingerprint density at radius 2 is 2.15 bits per heavy atom. The molecule has 1 aromatic heterocycles. The number of para-hydroxylation sites is 1. The Balaban J connectivity index is 1.54. The average Bonchev–Trinajstić information content (AvgIpc) is 3.16. The van der Waals surface area contributed by atoms with E-state index < -0.39 is 0 Å². The van der Waals surface area contributed by atoms with Gasteiger partial charge in [-0.2, -0.15) is 0 Å². The summed E-state index contributed by atoms with van der Waals surface area (Å²) in [6, 6.07) is 9.22. The van der Waals surface area contributed by atoms with Crippen LogP contribution in [0.25, 0.3) is 10.2 Å². The fraction of sp³-hybridized carbons (Fsp3) is 0.562. The molecule has 20 heavy (non-hydrogen) atoms. The van der Waals surface area contributed by atoms with Crippen molar-refractivity contribution in [3.05, 3.63) is 24.3 Å². The first-order valence-corrected chi connectivity index (χ1v) is 8.56. The van der Waals surface area contributed by atoms with Gasteiger partial charge in [-0.1, -0.05) is 23.5 Å². The van der Waals surface area contributed by atoms with Gasteiger partial charge >= 0.3 is 0 Å². The van der Waals surface area contributed by atoms with Crippen molar-refractivity contribution in [3.8, 4) is 0 Å². The summed E-state index contributed by atoms with van der Waals surface area (Å²) in [7, 11) is 0. The van der Waals surface area contributed by atoms with Crippen LogP contribution in [0.4, 0.5) is 5.13 Å². The molecule has 2 aliphatic rings. The van der Waals surface area contributed by atoms with Gasteiger partial charge in [0, 0.05) is 19.1 Å². The third-order valence-electron chi connectivity index (χ3n) is 4.68. The number of hydrogen-bond acceptors (Lipinski definition) is 4. The van der Waals surface area contributed by atoms with E-state index in [1.165, 1.54) is 55.1 Å². The van der Waals surface area contributed by atoms with Gasteiger partial charge in [-0.25, -0.2) is 4.98 Å². The summed E-state index contributed by atoms with van der Waals surface area (Å²) in [5.41, 5.74) is 1.15. The molecular weight excluding hydrogens is 266 g/mol. The zero-order chi connectivity index (χ0) is 13.4. The molecule has 0 spiro atoms. The maximum atomic E-state index is 4.82. The lowest BCUT2D eigenvalue weighted by atomic mass is 9.90. The second kappa shape index (κ2) is 5.34. The number of aromatic nitrogens is 1. The van der Waals surface area contributed by atoms with E-state index >= 15 is 0 Å². The topological polar surface area (TPSA) is 28.2 Å². The third kappa shape index (κ3) is 2.31. The number of fused-ring (bicyclic) bond motifs is 1. The molecule has 2 aliphatic heterocycles. The Bertz CT molecular complexity index is 555. The van der Waals surface area contributed by atoms with Crippen LogP contribution in [0.5, 0.6) is 0 Å². The molecule has 4 rings (SSSR count). The molecule has 2 aromatic rings. The number of nitrogens with zero attached hydrogens (tertiary/aromatic N) is 2. The van der Waals surface area contributed by atoms with Crippen LogP contribution in [0.15, 0.2) is 24.3 Å². The Labute approximate surface area is 124 Å². The molecule has 1 aromatic carbocycles. The molecule has 1 N–H and O–H groups in total. The quantitative estimate of drug-likeness (QED) is 0.919. The van der Waals surface area contributed by atoms with Crippen LogP contribution in [0.1, 0.15) is 25.7 Å². The van der Waals surface area contributed by atoms with Gasteiger partial charge in [-0.05, 0) is 50.3 Å². The molecule has 2 fully saturated rings. The summed E-state index contributed by atoms with van der Waals surface area (Å²) in [5.74, 6) is 0.804. The fourth-order valence-electron chi connectivity index (χ4n) is 3.62. The normalized spacial score (nSPS) is 27.3. The lowest BCUT2D eigenvalue weighted by Crippen LogP contribution is -2.43. The van der Waals surface area contributed by atoms with E-state index in [-0.39, 0.29) is 0 Å². The highest BCUT2D eigenvalue weighted by Crippen LogP contribution is 2.33. The molecular formula is C16H21N3S. The lowest BCUT2D eigenvalue weighted by Gasteiger charge is -2.35. The molecule has 0 aliphatic carbocycles. The molecule has 2 atom stereocenters. The van der Waals surface area contributed by atoms with Crippen molar-refractivity contribution in [2.45, 2.75) is 31.7 Å². The summed E-state index contributed by atoms with van der Waals surface area (Å²) in [6.45, 7) is 3.56. The summed E-state index contributed by atoms with van der Waals surface area (Å²) in [6.07, 6.45) is 5.39. The summed E-state index contributed by atoms with van der Waals surface area (Å²) < 4.78 is 1.31. The van der Waals surface area contributed by atoms with Gasteiger partial charge in [0.05, 0.1) is 10.2 Å². The van der Waals surface area contributed by atoms with Gasteiger partial charge in [0.2, 0.25) is 0 Å². The lowest BCUT2D eigenvalue weighted by molar-refractivity contribution is 0.329. The van der Waals surface area contributed by atoms with Gasteiger partial charge in [0.15, 0.2) is 5.13 Å². The van der Waals surface area contributed by atoms with Crippen LogP contribution in [0.3, 0.4) is 0 Å². The van der Waals surface area contributed by atoms with Crippen molar-refractivity contribution in [2.24, 2.45) is 5.92 Å². The van der Waals surface area contributed by atoms with Crippen molar-refractivity contribution in [3.63, 3.8) is 0 Å². The van der Waals surface area contributed by atoms with E-state index in [4.69, 9.17) is 4.98 Å². The van der Waals surface area contributed by atoms with E-state index in [1.54, 1.807) is 0 Å². The zero-order valence-corrected chi connectivity index (χ0v) is 12.5. The minimum absolute atomic E-state index is 0.743. The Hall–Kier alpha value is -1.13. The number of benzene rings is 1. The molecule has 0 bridgehead atoms. The predicted molar refractivity (Wildman–Crippen MR) is 85.6 cm³/mol. The minimum Gasteiger partial charge on any atom is -0.348 e. The number of piperidine rings is 1. The largest absolute Gasteiger partial charge is 0.348 e. The second-order valence-corrected chi connectivity index (χ2v) is 7.02. The second-order valence-electron chi connectivity index (χ2n) is 6.02. The minimum atomic E-state index is 0.743. The number of anilines is 1. The van der Waals surface area contributed by atoms with Gasteiger partial charge < -0.3 is 10.2 Å². The van der Waals surface area contributed by atoms with Crippen LogP contribution in [0.2, 0.25) is 0 Å². The maximum Gasteiger partial charge on any atom is 0.186 e. The van der Waals surface area contributed by atoms with Crippen LogP contribution in [-0.4, -0.2) is 30.7 Å². The first-order chi connectivity index (χ1) is 9.90. The van der Waals surface area contributed by atoms with Gasteiger partial charge in [-0.3, -0.25) is 0 Å². The van der Waals surface area contributed by atoms with Crippen LogP contribution >= 0.6 is 11.3 Å². The monoisotopic (exact) mass is 287 g/mol. The van der Waals surface area contributed by atoms with Gasteiger partial charge in [0.1, 0.15) is 0 Å². The fourth-order valence-corrected chi connectivity index (χ4v) is 4.62. The highest BCUT2D eigenvalue weighted by atomic mass is 32.1. The third-order valence-corrected chi connectivity index (χ3v) is 5.78. The van der Waals surface area contributed by atoms with Crippen molar-refractivity contribution < 1.29 is 0 Å². The molecule has 4 heteroatoms. The van der Waals surface area contributed by atoms with Crippen molar-refractivity contribution in [1.29, 1.82) is 0 Å². The molecule has 0 radical (unpaired) electrons. The van der Waals surface area contributed by atoms with Crippen molar-refractivity contribution >= 4 is 26.7 Å². The van der Waals surface area contributed by atoms with E-state index in [2.05, 4.69) is 34.5 Å². The molecule has 0 saturated carbocycles. The smallest absolute Gasteiger partial charge is 0.186 e. The van der Waals surface area contributed by atoms with E-state index in [0.29, 0.717) is 0 Å². The van der Waals surface area contributed by atoms with Crippen LogP contribution in [-0.2, 0) is 0 Å². The predicted octanol–water partition coefficient (Wildman–Crippen LogP) is 3.26. The van der Waals surface area contributed by atoms with Crippen molar-refractivity contribution in [1.82, 2.24) is 10.3 Å². The number of nitrogens with one attached hydrogen (secondary N) is 1. The van der Waals surface area contributed by atoms with E-state index in [0.717, 1.165) is 17.5 Å². The van der Waals surface area contributed by atoms with Gasteiger partial charge in [-0.15, -0.1) is 0 Å². The van der Waals surface area contributed by atoms with Crippen molar-refractivity contribution in [2.75, 3.05) is 24.5 Å². The SMILES string of the molecule is c1ccc2sc(N3CCCC(C4CCCN4)C3)nc2c1. The summed E-state index contributed by atoms with van der Waals surface area (Å²) >= 11 is 1.84. The number of hydrogen-bond donors (Lipinski definition) is 1. The number of thiazole rings is 1. The Morgan fingerprint density at radius 1 is 1.20 bits per heavy atom. The van der Waals surface area contributed by atoms with E-state index in [9.17, 15) is 0 Å². The molecule has 2 saturated heterocycles. The van der Waals surface area contributed by atoms with E-state index in [1.807, 2.05) is 11.3 Å². The zero-order valence-electron chi connectivity index (χ0n) is 11.7. The molecule has 0 amide bonds. The Morgan fingerprint density at radius 3 is 3.00 bits per heavy atom. The molecule has 3 nitrogen and oxygen atoms in total. The molecule has 2 unspecified atom stereocenters. The Kier molecular flexibility index (Phi) is 3.36. The van der Waals surface area contributed by atoms with Crippen LogP contribution < -0.4 is 10.2 Å². The highest BCUT2D eigenvalue weighted by molar-refractivity contribution is 7.22. The first kappa shape index (κ1) is 12.6. The maximum absolute atomic E-state index is 4.82. The van der Waals surface area contributed by atoms with Gasteiger partial charge in [0.25, 0.3) is 0 Å². The molecule has 3 heterocycles. The first-order valence-electron chi connectivity index (χ1n) is 7.74. The average molecular weight is 287 g/mol. The van der Waals surface area contributed by atoms with Crippen LogP contribution in [0, 0.1) is 5.92 Å². The highest BCUT2D eigenvalue weighted by Gasteiger charge is 2.30. The molecule has 106 valence electrons.